The molecule has 0 saturated carbocycles. The van der Waals surface area contributed by atoms with Crippen molar-refractivity contribution in [3.8, 4) is 5.75 Å². The van der Waals surface area contributed by atoms with E-state index in [1.807, 2.05) is 39.1 Å². The summed E-state index contributed by atoms with van der Waals surface area (Å²) in [5.74, 6) is 0.560. The molecule has 0 bridgehead atoms. The summed E-state index contributed by atoms with van der Waals surface area (Å²) in [6.45, 7) is 6.33. The first-order valence-electron chi connectivity index (χ1n) is 6.31. The van der Waals surface area contributed by atoms with Gasteiger partial charge in [0.25, 0.3) is 5.91 Å². The Morgan fingerprint density at radius 2 is 2.05 bits per heavy atom. The molecule has 114 valence electrons. The third-order valence-electron chi connectivity index (χ3n) is 2.84. The van der Waals surface area contributed by atoms with Crippen molar-refractivity contribution in [3.63, 3.8) is 0 Å². The lowest BCUT2D eigenvalue weighted by Gasteiger charge is -2.17. The van der Waals surface area contributed by atoms with Crippen molar-refractivity contribution in [2.24, 2.45) is 0 Å². The molecule has 0 aliphatic rings. The number of benzene rings is 1. The first-order chi connectivity index (χ1) is 8.93. The van der Waals surface area contributed by atoms with Gasteiger partial charge in [0.2, 0.25) is 0 Å². The molecule has 1 aromatic carbocycles. The number of hydrogen-bond donors (Lipinski definition) is 2. The molecule has 1 amide bonds. The lowest BCUT2D eigenvalue weighted by molar-refractivity contribution is -0.127. The topological polar surface area (TPSA) is 50.4 Å². The monoisotopic (exact) mass is 364 g/mol. The molecule has 1 rings (SSSR count). The molecule has 0 aliphatic heterocycles. The molecular formula is C14H22BrClN2O2. The van der Waals surface area contributed by atoms with Gasteiger partial charge in [-0.1, -0.05) is 6.07 Å². The summed E-state index contributed by atoms with van der Waals surface area (Å²) in [5, 5.41) is 5.90. The van der Waals surface area contributed by atoms with Crippen molar-refractivity contribution in [3.05, 3.63) is 28.2 Å². The molecule has 0 aromatic heterocycles. The Morgan fingerprint density at radius 3 is 2.60 bits per heavy atom. The molecule has 6 heteroatoms. The van der Waals surface area contributed by atoms with Crippen LogP contribution in [0.3, 0.4) is 0 Å². The van der Waals surface area contributed by atoms with E-state index in [0.717, 1.165) is 10.0 Å². The molecule has 0 spiro atoms. The molecule has 0 heterocycles. The van der Waals surface area contributed by atoms with Gasteiger partial charge in [-0.25, -0.2) is 0 Å². The number of likely N-dealkylation sites (N-methyl/N-ethyl adjacent to an activating group) is 1. The summed E-state index contributed by atoms with van der Waals surface area (Å²) in [6.07, 6.45) is -0.525. The summed E-state index contributed by atoms with van der Waals surface area (Å²) in [6, 6.07) is 6.01. The third kappa shape index (κ3) is 6.11. The predicted molar refractivity (Wildman–Crippen MR) is 87.7 cm³/mol. The number of carbonyl (C=O) groups is 1. The van der Waals surface area contributed by atoms with Gasteiger partial charge in [0.1, 0.15) is 5.75 Å². The van der Waals surface area contributed by atoms with Crippen LogP contribution in [0.2, 0.25) is 0 Å². The summed E-state index contributed by atoms with van der Waals surface area (Å²) in [7, 11) is 1.86. The number of nitrogens with one attached hydrogen (secondary N) is 2. The summed E-state index contributed by atoms with van der Waals surface area (Å²) in [5.41, 5.74) is 1.14. The van der Waals surface area contributed by atoms with Gasteiger partial charge in [0, 0.05) is 12.6 Å². The Hall–Kier alpha value is -0.780. The van der Waals surface area contributed by atoms with Crippen molar-refractivity contribution in [2.45, 2.75) is 32.9 Å². The van der Waals surface area contributed by atoms with Crippen LogP contribution >= 0.6 is 28.3 Å². The Kier molecular flexibility index (Phi) is 8.85. The number of amides is 1. The molecule has 0 saturated heterocycles. The van der Waals surface area contributed by atoms with Crippen LogP contribution in [0.15, 0.2) is 22.7 Å². The van der Waals surface area contributed by atoms with Crippen LogP contribution in [0, 0.1) is 6.92 Å². The van der Waals surface area contributed by atoms with E-state index in [0.29, 0.717) is 12.3 Å². The van der Waals surface area contributed by atoms with Crippen LogP contribution in [0.5, 0.6) is 5.75 Å². The van der Waals surface area contributed by atoms with E-state index in [1.54, 1.807) is 6.92 Å². The predicted octanol–water partition coefficient (Wildman–Crippen LogP) is 2.67. The average molecular weight is 366 g/mol. The van der Waals surface area contributed by atoms with Gasteiger partial charge in [-0.05, 0) is 61.4 Å². The van der Waals surface area contributed by atoms with Gasteiger partial charge in [-0.2, -0.15) is 0 Å². The van der Waals surface area contributed by atoms with E-state index in [-0.39, 0.29) is 24.4 Å². The van der Waals surface area contributed by atoms with E-state index >= 15 is 0 Å². The van der Waals surface area contributed by atoms with E-state index in [4.69, 9.17) is 4.74 Å². The van der Waals surface area contributed by atoms with E-state index in [9.17, 15) is 4.79 Å². The highest BCUT2D eigenvalue weighted by Gasteiger charge is 2.16. The van der Waals surface area contributed by atoms with Crippen molar-refractivity contribution in [1.82, 2.24) is 10.6 Å². The van der Waals surface area contributed by atoms with Crippen molar-refractivity contribution >= 4 is 34.2 Å². The molecular weight excluding hydrogens is 344 g/mol. The number of aryl methyl sites for hydroxylation is 1. The minimum Gasteiger partial charge on any atom is -0.480 e. The lowest BCUT2D eigenvalue weighted by Crippen LogP contribution is -2.42. The Labute approximate surface area is 135 Å². The highest BCUT2D eigenvalue weighted by Crippen LogP contribution is 2.26. The van der Waals surface area contributed by atoms with Gasteiger partial charge < -0.3 is 15.4 Å². The van der Waals surface area contributed by atoms with Gasteiger partial charge in [-0.15, -0.1) is 12.4 Å². The SMILES string of the molecule is CNC(C)CNC(=O)C(C)Oc1ccc(C)cc1Br.Cl. The number of rotatable bonds is 6. The fourth-order valence-corrected chi connectivity index (χ4v) is 2.03. The van der Waals surface area contributed by atoms with Gasteiger partial charge >= 0.3 is 0 Å². The minimum atomic E-state index is -0.525. The zero-order valence-corrected chi connectivity index (χ0v) is 14.6. The molecule has 2 N–H and O–H groups in total. The Morgan fingerprint density at radius 1 is 1.40 bits per heavy atom. The Bertz CT molecular complexity index is 443. The number of hydrogen-bond acceptors (Lipinski definition) is 3. The summed E-state index contributed by atoms with van der Waals surface area (Å²) in [4.78, 5) is 11.9. The molecule has 0 aliphatic carbocycles. The second-order valence-electron chi connectivity index (χ2n) is 4.63. The van der Waals surface area contributed by atoms with Crippen molar-refractivity contribution in [1.29, 1.82) is 0 Å². The van der Waals surface area contributed by atoms with Crippen molar-refractivity contribution < 1.29 is 9.53 Å². The zero-order chi connectivity index (χ0) is 14.4. The smallest absolute Gasteiger partial charge is 0.260 e. The molecule has 0 fully saturated rings. The molecule has 20 heavy (non-hydrogen) atoms. The molecule has 0 radical (unpaired) electrons. The fourth-order valence-electron chi connectivity index (χ4n) is 1.44. The fraction of sp³-hybridized carbons (Fsp3) is 0.500. The minimum absolute atomic E-state index is 0. The van der Waals surface area contributed by atoms with Gasteiger partial charge in [0.15, 0.2) is 6.10 Å². The highest BCUT2D eigenvalue weighted by molar-refractivity contribution is 9.10. The zero-order valence-electron chi connectivity index (χ0n) is 12.2. The molecule has 4 nitrogen and oxygen atoms in total. The maximum absolute atomic E-state index is 11.9. The normalized spacial score (nSPS) is 13.1. The Balaban J connectivity index is 0.00000361. The van der Waals surface area contributed by atoms with Crippen LogP contribution in [-0.4, -0.2) is 31.6 Å². The second kappa shape index (κ2) is 9.21. The van der Waals surface area contributed by atoms with Crippen LogP contribution in [0.1, 0.15) is 19.4 Å². The average Bonchev–Trinajstić information content (AvgIpc) is 2.38. The standard InChI is InChI=1S/C14H21BrN2O2.ClH/c1-9-5-6-13(12(15)7-9)19-11(3)14(18)17-8-10(2)16-4;/h5-7,10-11,16H,8H2,1-4H3,(H,17,18);1H. The van der Waals surface area contributed by atoms with Crippen LogP contribution in [0.4, 0.5) is 0 Å². The summed E-state index contributed by atoms with van der Waals surface area (Å²) < 4.78 is 6.51. The largest absolute Gasteiger partial charge is 0.480 e. The van der Waals surface area contributed by atoms with Crippen LogP contribution in [0.25, 0.3) is 0 Å². The summed E-state index contributed by atoms with van der Waals surface area (Å²) >= 11 is 3.43. The number of carbonyl (C=O) groups excluding carboxylic acids is 1. The molecule has 2 atom stereocenters. The highest BCUT2D eigenvalue weighted by atomic mass is 79.9. The van der Waals surface area contributed by atoms with Crippen LogP contribution in [-0.2, 0) is 4.79 Å². The van der Waals surface area contributed by atoms with Crippen LogP contribution < -0.4 is 15.4 Å². The number of halogens is 2. The second-order valence-corrected chi connectivity index (χ2v) is 5.48. The quantitative estimate of drug-likeness (QED) is 0.815. The first-order valence-corrected chi connectivity index (χ1v) is 7.11. The lowest BCUT2D eigenvalue weighted by atomic mass is 10.2. The van der Waals surface area contributed by atoms with Gasteiger partial charge in [-0.3, -0.25) is 4.79 Å². The maximum Gasteiger partial charge on any atom is 0.260 e. The van der Waals surface area contributed by atoms with E-state index in [1.165, 1.54) is 0 Å². The first kappa shape index (κ1) is 19.2. The maximum atomic E-state index is 11.9. The molecule has 2 unspecified atom stereocenters. The van der Waals surface area contributed by atoms with Gasteiger partial charge in [0.05, 0.1) is 4.47 Å². The third-order valence-corrected chi connectivity index (χ3v) is 3.46. The van der Waals surface area contributed by atoms with Crippen molar-refractivity contribution in [2.75, 3.05) is 13.6 Å². The number of ether oxygens (including phenoxy) is 1. The molecule has 1 aromatic rings. The van der Waals surface area contributed by atoms with E-state index < -0.39 is 6.10 Å². The van der Waals surface area contributed by atoms with E-state index in [2.05, 4.69) is 26.6 Å².